The van der Waals surface area contributed by atoms with Gasteiger partial charge < -0.3 is 15.5 Å². The molecule has 0 radical (unpaired) electrons. The molecule has 5 heteroatoms. The van der Waals surface area contributed by atoms with Crippen molar-refractivity contribution in [2.24, 2.45) is 0 Å². The van der Waals surface area contributed by atoms with E-state index in [1.54, 1.807) is 24.3 Å². The molecule has 2 aromatic rings. The average Bonchev–Trinajstić information content (AvgIpc) is 2.54. The number of amides is 2. The van der Waals surface area contributed by atoms with Crippen LogP contribution >= 0.6 is 0 Å². The van der Waals surface area contributed by atoms with E-state index < -0.39 is 0 Å². The third-order valence-corrected chi connectivity index (χ3v) is 3.46. The van der Waals surface area contributed by atoms with Gasteiger partial charge in [-0.2, -0.15) is 0 Å². The zero-order valence-electron chi connectivity index (χ0n) is 13.2. The van der Waals surface area contributed by atoms with Gasteiger partial charge in [-0.3, -0.25) is 4.98 Å². The molecular weight excluding hydrogens is 276 g/mol. The Morgan fingerprint density at radius 3 is 2.27 bits per heavy atom. The summed E-state index contributed by atoms with van der Waals surface area (Å²) in [6.45, 7) is 4.49. The Hall–Kier alpha value is -2.56. The Balaban J connectivity index is 1.88. The monoisotopic (exact) mass is 298 g/mol. The quantitative estimate of drug-likeness (QED) is 0.889. The molecule has 0 unspecified atom stereocenters. The molecule has 2 amide bonds. The standard InChI is InChI=1S/C17H22N4O/c1-13(2)21(3)17(22)19-12-14-4-6-15(7-5-14)20-16-8-10-18-11-9-16/h4-11,13H,12H2,1-3H3,(H,18,20)(H,19,22). The van der Waals surface area contributed by atoms with Gasteiger partial charge in [-0.25, -0.2) is 4.79 Å². The van der Waals surface area contributed by atoms with Gasteiger partial charge in [0.1, 0.15) is 0 Å². The first kappa shape index (κ1) is 15.8. The van der Waals surface area contributed by atoms with Crippen LogP contribution in [0, 0.1) is 0 Å². The zero-order valence-corrected chi connectivity index (χ0v) is 13.2. The Morgan fingerprint density at radius 1 is 1.09 bits per heavy atom. The summed E-state index contributed by atoms with van der Waals surface area (Å²) in [7, 11) is 1.79. The summed E-state index contributed by atoms with van der Waals surface area (Å²) in [4.78, 5) is 17.5. The summed E-state index contributed by atoms with van der Waals surface area (Å²) < 4.78 is 0. The molecule has 0 fully saturated rings. The molecule has 1 aromatic carbocycles. The number of nitrogens with one attached hydrogen (secondary N) is 2. The minimum Gasteiger partial charge on any atom is -0.355 e. The first-order chi connectivity index (χ1) is 10.6. The third kappa shape index (κ3) is 4.48. The van der Waals surface area contributed by atoms with Gasteiger partial charge in [0.2, 0.25) is 0 Å². The van der Waals surface area contributed by atoms with Crippen molar-refractivity contribution in [3.05, 3.63) is 54.4 Å². The lowest BCUT2D eigenvalue weighted by Gasteiger charge is -2.21. The number of benzene rings is 1. The number of carbonyl (C=O) groups is 1. The van der Waals surface area contributed by atoms with Crippen LogP contribution in [0.25, 0.3) is 0 Å². The highest BCUT2D eigenvalue weighted by molar-refractivity contribution is 5.74. The molecule has 0 aliphatic heterocycles. The Morgan fingerprint density at radius 2 is 1.68 bits per heavy atom. The molecule has 1 heterocycles. The molecule has 0 aliphatic rings. The Labute approximate surface area is 131 Å². The minimum absolute atomic E-state index is 0.0611. The van der Waals surface area contributed by atoms with Crippen molar-refractivity contribution < 1.29 is 4.79 Å². The number of pyridine rings is 1. The lowest BCUT2D eigenvalue weighted by molar-refractivity contribution is 0.197. The molecule has 22 heavy (non-hydrogen) atoms. The van der Waals surface area contributed by atoms with Crippen molar-refractivity contribution >= 4 is 17.4 Å². The number of carbonyl (C=O) groups excluding carboxylic acids is 1. The van der Waals surface area contributed by atoms with Crippen LogP contribution < -0.4 is 10.6 Å². The van der Waals surface area contributed by atoms with Gasteiger partial charge in [0.15, 0.2) is 0 Å². The maximum absolute atomic E-state index is 11.9. The smallest absolute Gasteiger partial charge is 0.317 e. The van der Waals surface area contributed by atoms with Gasteiger partial charge >= 0.3 is 6.03 Å². The van der Waals surface area contributed by atoms with E-state index in [4.69, 9.17) is 0 Å². The van der Waals surface area contributed by atoms with Crippen LogP contribution in [0.4, 0.5) is 16.2 Å². The number of anilines is 2. The SMILES string of the molecule is CC(C)N(C)C(=O)NCc1ccc(Nc2ccncc2)cc1. The minimum atomic E-state index is -0.0611. The second kappa shape index (κ2) is 7.45. The first-order valence-electron chi connectivity index (χ1n) is 7.33. The highest BCUT2D eigenvalue weighted by atomic mass is 16.2. The maximum Gasteiger partial charge on any atom is 0.317 e. The normalized spacial score (nSPS) is 10.4. The van der Waals surface area contributed by atoms with E-state index in [1.165, 1.54) is 0 Å². The fourth-order valence-electron chi connectivity index (χ4n) is 1.84. The van der Waals surface area contributed by atoms with E-state index in [9.17, 15) is 4.79 Å². The molecular formula is C17H22N4O. The number of rotatable bonds is 5. The molecule has 2 rings (SSSR count). The Kier molecular flexibility index (Phi) is 5.36. The molecule has 5 nitrogen and oxygen atoms in total. The molecule has 0 aliphatic carbocycles. The molecule has 2 N–H and O–H groups in total. The molecule has 0 atom stereocenters. The predicted octanol–water partition coefficient (Wildman–Crippen LogP) is 3.38. The molecule has 116 valence electrons. The average molecular weight is 298 g/mol. The van der Waals surface area contributed by atoms with E-state index in [2.05, 4.69) is 15.6 Å². The summed E-state index contributed by atoms with van der Waals surface area (Å²) in [6.07, 6.45) is 3.49. The van der Waals surface area contributed by atoms with E-state index in [-0.39, 0.29) is 12.1 Å². The van der Waals surface area contributed by atoms with Crippen LogP contribution in [0.3, 0.4) is 0 Å². The van der Waals surface area contributed by atoms with Crippen LogP contribution in [0.1, 0.15) is 19.4 Å². The van der Waals surface area contributed by atoms with Gasteiger partial charge in [-0.05, 0) is 43.7 Å². The lowest BCUT2D eigenvalue weighted by atomic mass is 10.2. The number of nitrogens with zero attached hydrogens (tertiary/aromatic N) is 2. The summed E-state index contributed by atoms with van der Waals surface area (Å²) in [5.41, 5.74) is 3.06. The number of aromatic nitrogens is 1. The lowest BCUT2D eigenvalue weighted by Crippen LogP contribution is -2.40. The van der Waals surface area contributed by atoms with Gasteiger partial charge in [0.25, 0.3) is 0 Å². The summed E-state index contributed by atoms with van der Waals surface area (Å²) in [5.74, 6) is 0. The first-order valence-corrected chi connectivity index (χ1v) is 7.33. The van der Waals surface area contributed by atoms with Gasteiger partial charge in [0, 0.05) is 43.4 Å². The van der Waals surface area contributed by atoms with Crippen LogP contribution in [-0.4, -0.2) is 29.0 Å². The van der Waals surface area contributed by atoms with E-state index in [0.717, 1.165) is 16.9 Å². The fourth-order valence-corrected chi connectivity index (χ4v) is 1.84. The number of hydrogen-bond donors (Lipinski definition) is 2. The number of hydrogen-bond acceptors (Lipinski definition) is 3. The largest absolute Gasteiger partial charge is 0.355 e. The van der Waals surface area contributed by atoms with Crippen LogP contribution in [0.2, 0.25) is 0 Å². The molecule has 1 aromatic heterocycles. The zero-order chi connectivity index (χ0) is 15.9. The molecule has 0 bridgehead atoms. The van der Waals surface area contributed by atoms with Crippen molar-refractivity contribution in [3.63, 3.8) is 0 Å². The van der Waals surface area contributed by atoms with Crippen molar-refractivity contribution in [2.75, 3.05) is 12.4 Å². The summed E-state index contributed by atoms with van der Waals surface area (Å²) >= 11 is 0. The molecule has 0 saturated carbocycles. The summed E-state index contributed by atoms with van der Waals surface area (Å²) in [6, 6.07) is 11.9. The molecule has 0 spiro atoms. The Bertz CT molecular complexity index is 596. The second-order valence-electron chi connectivity index (χ2n) is 5.42. The van der Waals surface area contributed by atoms with Crippen molar-refractivity contribution in [1.82, 2.24) is 15.2 Å². The number of urea groups is 1. The van der Waals surface area contributed by atoms with E-state index in [1.807, 2.05) is 50.2 Å². The molecule has 0 saturated heterocycles. The van der Waals surface area contributed by atoms with Crippen LogP contribution in [-0.2, 0) is 6.54 Å². The van der Waals surface area contributed by atoms with E-state index >= 15 is 0 Å². The third-order valence-electron chi connectivity index (χ3n) is 3.46. The van der Waals surface area contributed by atoms with Gasteiger partial charge in [0.05, 0.1) is 0 Å². The van der Waals surface area contributed by atoms with Crippen molar-refractivity contribution in [2.45, 2.75) is 26.4 Å². The topological polar surface area (TPSA) is 57.3 Å². The fraction of sp³-hybridized carbons (Fsp3) is 0.294. The van der Waals surface area contributed by atoms with Gasteiger partial charge in [-0.15, -0.1) is 0 Å². The highest BCUT2D eigenvalue weighted by Gasteiger charge is 2.10. The van der Waals surface area contributed by atoms with Crippen molar-refractivity contribution in [3.8, 4) is 0 Å². The van der Waals surface area contributed by atoms with Crippen molar-refractivity contribution in [1.29, 1.82) is 0 Å². The van der Waals surface area contributed by atoms with Crippen LogP contribution in [0.5, 0.6) is 0 Å². The van der Waals surface area contributed by atoms with Gasteiger partial charge in [-0.1, -0.05) is 12.1 Å². The summed E-state index contributed by atoms with van der Waals surface area (Å²) in [5, 5.41) is 6.20. The van der Waals surface area contributed by atoms with E-state index in [0.29, 0.717) is 6.54 Å². The predicted molar refractivity (Wildman–Crippen MR) is 89.1 cm³/mol. The maximum atomic E-state index is 11.9. The second-order valence-corrected chi connectivity index (χ2v) is 5.42. The van der Waals surface area contributed by atoms with Crippen LogP contribution in [0.15, 0.2) is 48.8 Å². The highest BCUT2D eigenvalue weighted by Crippen LogP contribution is 2.16.